The van der Waals surface area contributed by atoms with Crippen molar-refractivity contribution in [2.75, 3.05) is 32.1 Å². The molecule has 0 bridgehead atoms. The fraction of sp³-hybridized carbons (Fsp3) is 0.583. The molecule has 1 aromatic rings. The number of hydrogen-bond donors (Lipinski definition) is 2. The van der Waals surface area contributed by atoms with Crippen LogP contribution in [0, 0.1) is 10.1 Å². The van der Waals surface area contributed by atoms with Crippen LogP contribution in [0.25, 0.3) is 0 Å². The third-order valence-electron chi connectivity index (χ3n) is 3.38. The van der Waals surface area contributed by atoms with Crippen molar-refractivity contribution in [3.05, 3.63) is 26.9 Å². The molecule has 1 aliphatic heterocycles. The number of ether oxygens (including phenoxy) is 1. The lowest BCUT2D eigenvalue weighted by atomic mass is 9.98. The molecule has 0 radical (unpaired) electrons. The third kappa shape index (κ3) is 3.44. The van der Waals surface area contributed by atoms with Crippen LogP contribution in [0.4, 0.5) is 11.5 Å². The highest BCUT2D eigenvalue weighted by atomic mass is 79.9. The molecule has 0 aromatic carbocycles. The second-order valence-electron chi connectivity index (χ2n) is 4.88. The van der Waals surface area contributed by atoms with Crippen molar-refractivity contribution in [1.29, 1.82) is 0 Å². The van der Waals surface area contributed by atoms with Crippen molar-refractivity contribution < 1.29 is 9.66 Å². The molecular weight excluding hydrogens is 328 g/mol. The van der Waals surface area contributed by atoms with E-state index in [4.69, 9.17) is 4.74 Å². The van der Waals surface area contributed by atoms with Gasteiger partial charge in [-0.2, -0.15) is 0 Å². The monoisotopic (exact) mass is 344 g/mol. The molecule has 0 spiro atoms. The maximum absolute atomic E-state index is 11.0. The minimum Gasteiger partial charge on any atom is -0.383 e. The van der Waals surface area contributed by atoms with E-state index in [1.165, 1.54) is 6.07 Å². The van der Waals surface area contributed by atoms with Crippen LogP contribution in [0.2, 0.25) is 0 Å². The third-order valence-corrected chi connectivity index (χ3v) is 3.81. The molecule has 1 atom stereocenters. The molecule has 8 heteroatoms. The van der Waals surface area contributed by atoms with Gasteiger partial charge in [0.25, 0.3) is 0 Å². The lowest BCUT2D eigenvalue weighted by Gasteiger charge is -2.29. The molecule has 2 heterocycles. The van der Waals surface area contributed by atoms with Gasteiger partial charge in [-0.25, -0.2) is 4.98 Å². The normalized spacial score (nSPS) is 21.9. The van der Waals surface area contributed by atoms with E-state index >= 15 is 0 Å². The number of halogens is 1. The smallest absolute Gasteiger partial charge is 0.312 e. The Kier molecular flexibility index (Phi) is 4.90. The second kappa shape index (κ2) is 6.47. The predicted octanol–water partition coefficient (Wildman–Crippen LogP) is 1.93. The van der Waals surface area contributed by atoms with Gasteiger partial charge in [0.05, 0.1) is 17.1 Å². The number of hydrogen-bond acceptors (Lipinski definition) is 6. The van der Waals surface area contributed by atoms with Crippen LogP contribution >= 0.6 is 15.9 Å². The van der Waals surface area contributed by atoms with Crippen LogP contribution in [0.15, 0.2) is 16.7 Å². The lowest BCUT2D eigenvalue weighted by Crippen LogP contribution is -2.49. The average Bonchev–Trinajstić information content (AvgIpc) is 2.86. The summed E-state index contributed by atoms with van der Waals surface area (Å²) in [6.45, 7) is 2.03. The van der Waals surface area contributed by atoms with Crippen molar-refractivity contribution in [2.24, 2.45) is 0 Å². The molecule has 20 heavy (non-hydrogen) atoms. The zero-order valence-corrected chi connectivity index (χ0v) is 12.8. The molecule has 1 unspecified atom stereocenters. The van der Waals surface area contributed by atoms with Gasteiger partial charge in [0, 0.05) is 30.4 Å². The van der Waals surface area contributed by atoms with Gasteiger partial charge in [-0.15, -0.1) is 0 Å². The molecular formula is C12H17BrN4O3. The fourth-order valence-electron chi connectivity index (χ4n) is 2.43. The van der Waals surface area contributed by atoms with E-state index in [1.807, 2.05) is 0 Å². The zero-order valence-electron chi connectivity index (χ0n) is 11.2. The molecule has 110 valence electrons. The van der Waals surface area contributed by atoms with Crippen LogP contribution in [0.1, 0.15) is 12.8 Å². The summed E-state index contributed by atoms with van der Waals surface area (Å²) >= 11 is 3.19. The Hall–Kier alpha value is -1.25. The van der Waals surface area contributed by atoms with Crippen molar-refractivity contribution in [1.82, 2.24) is 10.3 Å². The van der Waals surface area contributed by atoms with Crippen LogP contribution in [0.3, 0.4) is 0 Å². The summed E-state index contributed by atoms with van der Waals surface area (Å²) < 4.78 is 5.83. The number of methoxy groups -OCH3 is 1. The second-order valence-corrected chi connectivity index (χ2v) is 5.79. The number of aromatic nitrogens is 1. The average molecular weight is 345 g/mol. The Morgan fingerprint density at radius 3 is 3.10 bits per heavy atom. The maximum atomic E-state index is 11.0. The quantitative estimate of drug-likeness (QED) is 0.605. The highest BCUT2D eigenvalue weighted by molar-refractivity contribution is 9.10. The van der Waals surface area contributed by atoms with E-state index in [0.29, 0.717) is 17.6 Å². The minimum atomic E-state index is -0.439. The van der Waals surface area contributed by atoms with E-state index in [9.17, 15) is 10.1 Å². The summed E-state index contributed by atoms with van der Waals surface area (Å²) in [5.41, 5.74) is -0.220. The first-order chi connectivity index (χ1) is 9.56. The van der Waals surface area contributed by atoms with E-state index in [2.05, 4.69) is 31.5 Å². The van der Waals surface area contributed by atoms with Gasteiger partial charge in [-0.1, -0.05) is 0 Å². The highest BCUT2D eigenvalue weighted by Gasteiger charge is 2.34. The number of rotatable bonds is 6. The highest BCUT2D eigenvalue weighted by Crippen LogP contribution is 2.27. The Morgan fingerprint density at radius 1 is 1.70 bits per heavy atom. The molecule has 0 saturated carbocycles. The minimum absolute atomic E-state index is 0.0371. The van der Waals surface area contributed by atoms with Crippen LogP contribution in [0.5, 0.6) is 0 Å². The van der Waals surface area contributed by atoms with Gasteiger partial charge in [-0.3, -0.25) is 10.1 Å². The van der Waals surface area contributed by atoms with Crippen LogP contribution in [-0.4, -0.2) is 42.3 Å². The molecule has 0 aliphatic carbocycles. The van der Waals surface area contributed by atoms with Crippen molar-refractivity contribution >= 4 is 27.4 Å². The van der Waals surface area contributed by atoms with Gasteiger partial charge < -0.3 is 15.4 Å². The lowest BCUT2D eigenvalue weighted by molar-refractivity contribution is -0.384. The fourth-order valence-corrected chi connectivity index (χ4v) is 2.75. The first kappa shape index (κ1) is 15.1. The van der Waals surface area contributed by atoms with Crippen molar-refractivity contribution in [3.8, 4) is 0 Å². The Balaban J connectivity index is 2.12. The number of pyridine rings is 1. The van der Waals surface area contributed by atoms with Gasteiger partial charge >= 0.3 is 5.69 Å². The van der Waals surface area contributed by atoms with Gasteiger partial charge in [-0.05, 0) is 35.3 Å². The van der Waals surface area contributed by atoms with E-state index in [-0.39, 0.29) is 17.0 Å². The molecule has 7 nitrogen and oxygen atoms in total. The molecule has 0 amide bonds. The largest absolute Gasteiger partial charge is 0.383 e. The van der Waals surface area contributed by atoms with Crippen LogP contribution < -0.4 is 10.6 Å². The molecule has 1 saturated heterocycles. The predicted molar refractivity (Wildman–Crippen MR) is 78.9 cm³/mol. The summed E-state index contributed by atoms with van der Waals surface area (Å²) in [7, 11) is 1.65. The maximum Gasteiger partial charge on any atom is 0.312 e. The van der Waals surface area contributed by atoms with E-state index < -0.39 is 4.92 Å². The zero-order chi connectivity index (χ0) is 14.6. The summed E-state index contributed by atoms with van der Waals surface area (Å²) in [5, 5.41) is 17.5. The number of nitrogens with zero attached hydrogens (tertiary/aromatic N) is 2. The van der Waals surface area contributed by atoms with Crippen molar-refractivity contribution in [3.63, 3.8) is 0 Å². The molecule has 2 N–H and O–H groups in total. The molecule has 1 fully saturated rings. The first-order valence-electron chi connectivity index (χ1n) is 6.34. The SMILES string of the molecule is COCC1(CNc2ncc(Br)cc2[N+](=O)[O-])CCCN1. The summed E-state index contributed by atoms with van der Waals surface area (Å²) in [4.78, 5) is 14.7. The number of nitro groups is 1. The molecule has 1 aromatic heterocycles. The van der Waals surface area contributed by atoms with E-state index in [1.54, 1.807) is 13.3 Å². The van der Waals surface area contributed by atoms with E-state index in [0.717, 1.165) is 19.4 Å². The Labute approximate surface area is 125 Å². The van der Waals surface area contributed by atoms with Gasteiger partial charge in [0.15, 0.2) is 0 Å². The summed E-state index contributed by atoms with van der Waals surface area (Å²) in [5.74, 6) is 0.280. The van der Waals surface area contributed by atoms with Gasteiger partial charge in [0.1, 0.15) is 0 Å². The molecule has 2 rings (SSSR count). The topological polar surface area (TPSA) is 89.3 Å². The summed E-state index contributed by atoms with van der Waals surface area (Å²) in [6, 6.07) is 1.44. The summed E-state index contributed by atoms with van der Waals surface area (Å²) in [6.07, 6.45) is 3.58. The Morgan fingerprint density at radius 2 is 2.50 bits per heavy atom. The number of nitrogens with one attached hydrogen (secondary N) is 2. The Bertz CT molecular complexity index is 492. The first-order valence-corrected chi connectivity index (χ1v) is 7.13. The van der Waals surface area contributed by atoms with Crippen molar-refractivity contribution in [2.45, 2.75) is 18.4 Å². The van der Waals surface area contributed by atoms with Gasteiger partial charge in [0.2, 0.25) is 5.82 Å². The standard InChI is InChI=1S/C12H17BrN4O3/c1-20-8-12(3-2-4-16-12)7-15-11-10(17(18)19)5-9(13)6-14-11/h5-6,16H,2-4,7-8H2,1H3,(H,14,15). The number of anilines is 1. The molecule has 1 aliphatic rings. The van der Waals surface area contributed by atoms with Crippen LogP contribution in [-0.2, 0) is 4.74 Å².